The molecule has 78 valence electrons. The average molecular weight is 213 g/mol. The number of nitrogens with one attached hydrogen (secondary N) is 1. The Morgan fingerprint density at radius 2 is 2.14 bits per heavy atom. The highest BCUT2D eigenvalue weighted by Crippen LogP contribution is 2.14. The number of hydrogen-bond donors (Lipinski definition) is 2. The molecule has 1 aromatic carbocycles. The lowest BCUT2D eigenvalue weighted by atomic mass is 10.1. The first-order valence-corrected chi connectivity index (χ1v) is 5.27. The van der Waals surface area contributed by atoms with Crippen LogP contribution in [0, 0.1) is 6.92 Å². The summed E-state index contributed by atoms with van der Waals surface area (Å²) in [6.07, 6.45) is 1.01. The summed E-state index contributed by atoms with van der Waals surface area (Å²) < 4.78 is 0. The number of hydrogen-bond acceptors (Lipinski definition) is 2. The monoisotopic (exact) mass is 212 g/mol. The first kappa shape index (κ1) is 11.5. The third kappa shape index (κ3) is 4.09. The predicted molar refractivity (Wildman–Crippen MR) is 61.6 cm³/mol. The first-order chi connectivity index (χ1) is 6.72. The van der Waals surface area contributed by atoms with Gasteiger partial charge in [0.25, 0.3) is 0 Å². The molecular weight excluding hydrogens is 196 g/mol. The average Bonchev–Trinajstić information content (AvgIpc) is 2.11. The van der Waals surface area contributed by atoms with Gasteiger partial charge in [0.1, 0.15) is 0 Å². The van der Waals surface area contributed by atoms with Gasteiger partial charge in [0.05, 0.1) is 0 Å². The molecular formula is C11H17ClN2. The molecule has 0 fully saturated rings. The Kier molecular flexibility index (Phi) is 4.94. The molecule has 0 heterocycles. The maximum Gasteiger partial charge on any atom is 0.0411 e. The second-order valence-corrected chi connectivity index (χ2v) is 3.89. The van der Waals surface area contributed by atoms with E-state index in [1.54, 1.807) is 0 Å². The Hall–Kier alpha value is -0.570. The van der Waals surface area contributed by atoms with Crippen molar-refractivity contribution in [3.8, 4) is 0 Å². The van der Waals surface area contributed by atoms with Gasteiger partial charge in [-0.15, -0.1) is 0 Å². The zero-order valence-electron chi connectivity index (χ0n) is 8.52. The molecule has 1 rings (SSSR count). The van der Waals surface area contributed by atoms with Crippen molar-refractivity contribution in [2.75, 3.05) is 13.1 Å². The zero-order chi connectivity index (χ0) is 10.4. The highest BCUT2D eigenvalue weighted by atomic mass is 35.5. The molecule has 2 nitrogen and oxygen atoms in total. The fraction of sp³-hybridized carbons (Fsp3) is 0.455. The Morgan fingerprint density at radius 3 is 2.79 bits per heavy atom. The second kappa shape index (κ2) is 6.02. The van der Waals surface area contributed by atoms with Crippen molar-refractivity contribution in [1.29, 1.82) is 0 Å². The van der Waals surface area contributed by atoms with Crippen LogP contribution in [0.1, 0.15) is 17.5 Å². The van der Waals surface area contributed by atoms with Crippen LogP contribution in [-0.4, -0.2) is 13.1 Å². The minimum absolute atomic E-state index is 0.738. The van der Waals surface area contributed by atoms with Crippen LogP contribution >= 0.6 is 11.6 Å². The Balaban J connectivity index is 2.42. The van der Waals surface area contributed by atoms with E-state index in [9.17, 15) is 0 Å². The molecule has 0 radical (unpaired) electrons. The van der Waals surface area contributed by atoms with Crippen LogP contribution in [0.4, 0.5) is 0 Å². The lowest BCUT2D eigenvalue weighted by Gasteiger charge is -2.05. The minimum Gasteiger partial charge on any atom is -0.330 e. The van der Waals surface area contributed by atoms with Crippen molar-refractivity contribution in [3.63, 3.8) is 0 Å². The van der Waals surface area contributed by atoms with Gasteiger partial charge >= 0.3 is 0 Å². The molecule has 0 unspecified atom stereocenters. The molecule has 0 amide bonds. The Bertz CT molecular complexity index is 266. The summed E-state index contributed by atoms with van der Waals surface area (Å²) in [6, 6.07) is 6.09. The van der Waals surface area contributed by atoms with Gasteiger partial charge in [0, 0.05) is 11.6 Å². The molecule has 1 aromatic rings. The first-order valence-electron chi connectivity index (χ1n) is 4.89. The molecule has 14 heavy (non-hydrogen) atoms. The van der Waals surface area contributed by atoms with Gasteiger partial charge in [0.2, 0.25) is 0 Å². The highest BCUT2D eigenvalue weighted by Gasteiger charge is 1.96. The maximum absolute atomic E-state index is 5.94. The van der Waals surface area contributed by atoms with Gasteiger partial charge in [0.15, 0.2) is 0 Å². The molecule has 0 atom stereocenters. The number of rotatable bonds is 5. The summed E-state index contributed by atoms with van der Waals surface area (Å²) in [5, 5.41) is 4.12. The summed E-state index contributed by atoms with van der Waals surface area (Å²) in [4.78, 5) is 0. The van der Waals surface area contributed by atoms with E-state index in [2.05, 4.69) is 18.3 Å². The molecule has 0 aliphatic carbocycles. The van der Waals surface area contributed by atoms with Crippen LogP contribution in [0.25, 0.3) is 0 Å². The van der Waals surface area contributed by atoms with E-state index in [0.29, 0.717) is 0 Å². The Labute approximate surface area is 90.4 Å². The van der Waals surface area contributed by atoms with Crippen molar-refractivity contribution >= 4 is 11.6 Å². The third-order valence-corrected chi connectivity index (χ3v) is 2.21. The van der Waals surface area contributed by atoms with Crippen molar-refractivity contribution in [2.45, 2.75) is 19.9 Å². The number of benzene rings is 1. The second-order valence-electron chi connectivity index (χ2n) is 3.46. The van der Waals surface area contributed by atoms with Gasteiger partial charge in [-0.25, -0.2) is 0 Å². The molecule has 3 N–H and O–H groups in total. The summed E-state index contributed by atoms with van der Waals surface area (Å²) in [6.45, 7) is 4.61. The Morgan fingerprint density at radius 1 is 1.36 bits per heavy atom. The van der Waals surface area contributed by atoms with Gasteiger partial charge in [-0.05, 0) is 49.7 Å². The molecule has 0 aliphatic rings. The van der Waals surface area contributed by atoms with Gasteiger partial charge in [-0.1, -0.05) is 17.7 Å². The van der Waals surface area contributed by atoms with Gasteiger partial charge in [-0.2, -0.15) is 0 Å². The SMILES string of the molecule is Cc1cc(Cl)cc(CNCCCN)c1. The topological polar surface area (TPSA) is 38.0 Å². The van der Waals surface area contributed by atoms with Crippen LogP contribution in [0.2, 0.25) is 5.02 Å². The largest absolute Gasteiger partial charge is 0.330 e. The summed E-state index contributed by atoms with van der Waals surface area (Å²) in [7, 11) is 0. The molecule has 0 bridgehead atoms. The maximum atomic E-state index is 5.94. The number of nitrogens with two attached hydrogens (primary N) is 1. The fourth-order valence-corrected chi connectivity index (χ4v) is 1.69. The van der Waals surface area contributed by atoms with E-state index in [0.717, 1.165) is 31.1 Å². The molecule has 0 aromatic heterocycles. The van der Waals surface area contributed by atoms with Crippen molar-refractivity contribution < 1.29 is 0 Å². The number of halogens is 1. The van der Waals surface area contributed by atoms with E-state index in [-0.39, 0.29) is 0 Å². The van der Waals surface area contributed by atoms with Gasteiger partial charge < -0.3 is 11.1 Å². The summed E-state index contributed by atoms with van der Waals surface area (Å²) in [5.74, 6) is 0. The summed E-state index contributed by atoms with van der Waals surface area (Å²) in [5.41, 5.74) is 7.83. The highest BCUT2D eigenvalue weighted by molar-refractivity contribution is 6.30. The normalized spacial score (nSPS) is 10.5. The molecule has 3 heteroatoms. The van der Waals surface area contributed by atoms with Crippen molar-refractivity contribution in [1.82, 2.24) is 5.32 Å². The number of aryl methyl sites for hydroxylation is 1. The van der Waals surface area contributed by atoms with Crippen LogP contribution in [-0.2, 0) is 6.54 Å². The quantitative estimate of drug-likeness (QED) is 0.734. The fourth-order valence-electron chi connectivity index (χ4n) is 1.37. The lowest BCUT2D eigenvalue weighted by Crippen LogP contribution is -2.17. The smallest absolute Gasteiger partial charge is 0.0411 e. The third-order valence-electron chi connectivity index (χ3n) is 1.99. The van der Waals surface area contributed by atoms with E-state index < -0.39 is 0 Å². The molecule has 0 spiro atoms. The standard InChI is InChI=1S/C11H17ClN2/c1-9-5-10(7-11(12)6-9)8-14-4-2-3-13/h5-7,14H,2-4,8,13H2,1H3. The minimum atomic E-state index is 0.738. The van der Waals surface area contributed by atoms with E-state index >= 15 is 0 Å². The molecule has 0 aliphatic heterocycles. The summed E-state index contributed by atoms with van der Waals surface area (Å²) >= 11 is 5.94. The zero-order valence-corrected chi connectivity index (χ0v) is 9.27. The van der Waals surface area contributed by atoms with Crippen LogP contribution in [0.5, 0.6) is 0 Å². The van der Waals surface area contributed by atoms with Crippen LogP contribution < -0.4 is 11.1 Å². The van der Waals surface area contributed by atoms with Crippen molar-refractivity contribution in [3.05, 3.63) is 34.3 Å². The van der Waals surface area contributed by atoms with Crippen LogP contribution in [0.15, 0.2) is 18.2 Å². The van der Waals surface area contributed by atoms with E-state index in [4.69, 9.17) is 17.3 Å². The van der Waals surface area contributed by atoms with Crippen molar-refractivity contribution in [2.24, 2.45) is 5.73 Å². The molecule has 0 saturated carbocycles. The van der Waals surface area contributed by atoms with E-state index in [1.807, 2.05) is 12.1 Å². The van der Waals surface area contributed by atoms with Gasteiger partial charge in [-0.3, -0.25) is 0 Å². The lowest BCUT2D eigenvalue weighted by molar-refractivity contribution is 0.655. The predicted octanol–water partition coefficient (Wildman–Crippen LogP) is 2.09. The van der Waals surface area contributed by atoms with E-state index in [1.165, 1.54) is 11.1 Å². The van der Waals surface area contributed by atoms with Crippen LogP contribution in [0.3, 0.4) is 0 Å². The molecule has 0 saturated heterocycles.